The fourth-order valence-electron chi connectivity index (χ4n) is 1.47. The number of hydrogen-bond acceptors (Lipinski definition) is 3. The molecule has 0 N–H and O–H groups in total. The summed E-state index contributed by atoms with van der Waals surface area (Å²) in [5, 5.41) is 21.7. The van der Waals surface area contributed by atoms with E-state index in [1.165, 1.54) is 18.5 Å². The molecule has 0 aliphatic carbocycles. The van der Waals surface area contributed by atoms with Crippen LogP contribution in [0.3, 0.4) is 0 Å². The topological polar surface area (TPSA) is 70.1 Å². The minimum absolute atomic E-state index is 0.0335. The molecule has 16 heavy (non-hydrogen) atoms. The highest BCUT2D eigenvalue weighted by Gasteiger charge is 2.14. The van der Waals surface area contributed by atoms with Crippen molar-refractivity contribution in [1.82, 2.24) is 0 Å². The van der Waals surface area contributed by atoms with Crippen LogP contribution in [-0.4, -0.2) is 4.92 Å². The minimum Gasteiger partial charge on any atom is -0.619 e. The Morgan fingerprint density at radius 3 is 2.31 bits per heavy atom. The Hall–Kier alpha value is -2.43. The molecular weight excluding hydrogens is 208 g/mol. The van der Waals surface area contributed by atoms with Crippen LogP contribution in [-0.2, 0) is 0 Å². The second kappa shape index (κ2) is 3.98. The van der Waals surface area contributed by atoms with E-state index < -0.39 is 4.92 Å². The highest BCUT2D eigenvalue weighted by Crippen LogP contribution is 2.28. The Bertz CT molecular complexity index is 523. The van der Waals surface area contributed by atoms with E-state index in [0.29, 0.717) is 15.9 Å². The van der Waals surface area contributed by atoms with Gasteiger partial charge in [0.05, 0.1) is 10.5 Å². The van der Waals surface area contributed by atoms with Crippen molar-refractivity contribution in [3.8, 4) is 11.1 Å². The van der Waals surface area contributed by atoms with E-state index in [1.54, 1.807) is 30.3 Å². The number of para-hydroxylation sites is 1. The molecule has 0 fully saturated rings. The summed E-state index contributed by atoms with van der Waals surface area (Å²) in [5.41, 5.74) is 1.19. The van der Waals surface area contributed by atoms with Crippen LogP contribution in [0, 0.1) is 15.3 Å². The lowest BCUT2D eigenvalue weighted by molar-refractivity contribution is -0.605. The van der Waals surface area contributed by atoms with E-state index >= 15 is 0 Å². The van der Waals surface area contributed by atoms with Crippen LogP contribution in [0.15, 0.2) is 48.8 Å². The van der Waals surface area contributed by atoms with Gasteiger partial charge in [-0.15, -0.1) is 0 Å². The zero-order valence-electron chi connectivity index (χ0n) is 8.24. The molecule has 0 radical (unpaired) electrons. The molecule has 0 atom stereocenters. The lowest BCUT2D eigenvalue weighted by Gasteiger charge is -2.02. The van der Waals surface area contributed by atoms with Gasteiger partial charge in [0.15, 0.2) is 12.4 Å². The quantitative estimate of drug-likeness (QED) is 0.333. The Labute approximate surface area is 91.3 Å². The van der Waals surface area contributed by atoms with E-state index in [2.05, 4.69) is 0 Å². The first-order chi connectivity index (χ1) is 7.68. The summed E-state index contributed by atoms with van der Waals surface area (Å²) in [7, 11) is 0. The molecule has 80 valence electrons. The molecule has 0 spiro atoms. The predicted molar refractivity (Wildman–Crippen MR) is 57.5 cm³/mol. The first-order valence-corrected chi connectivity index (χ1v) is 4.61. The summed E-state index contributed by atoms with van der Waals surface area (Å²) >= 11 is 0. The molecule has 0 saturated heterocycles. The van der Waals surface area contributed by atoms with E-state index in [4.69, 9.17) is 0 Å². The number of hydrogen-bond donors (Lipinski definition) is 0. The zero-order chi connectivity index (χ0) is 11.5. The maximum Gasteiger partial charge on any atom is 0.277 e. The van der Waals surface area contributed by atoms with Gasteiger partial charge in [0.25, 0.3) is 5.69 Å². The van der Waals surface area contributed by atoms with Crippen molar-refractivity contribution in [1.29, 1.82) is 0 Å². The number of aromatic nitrogens is 1. The lowest BCUT2D eigenvalue weighted by Crippen LogP contribution is -2.23. The van der Waals surface area contributed by atoms with Gasteiger partial charge in [-0.25, -0.2) is 0 Å². The normalized spacial score (nSPS) is 10.0. The second-order valence-electron chi connectivity index (χ2n) is 3.22. The van der Waals surface area contributed by atoms with Crippen molar-refractivity contribution in [2.75, 3.05) is 0 Å². The van der Waals surface area contributed by atoms with Crippen LogP contribution in [0.4, 0.5) is 5.69 Å². The summed E-state index contributed by atoms with van der Waals surface area (Å²) in [4.78, 5) is 10.4. The number of rotatable bonds is 2. The van der Waals surface area contributed by atoms with Gasteiger partial charge in [0.1, 0.15) is 0 Å². The molecular formula is C11H8N2O3. The van der Waals surface area contributed by atoms with Crippen LogP contribution >= 0.6 is 0 Å². The third-order valence-electron chi connectivity index (χ3n) is 2.21. The number of benzene rings is 1. The summed E-state index contributed by atoms with van der Waals surface area (Å²) < 4.78 is 0.637. The van der Waals surface area contributed by atoms with Crippen molar-refractivity contribution in [2.24, 2.45) is 0 Å². The SMILES string of the molecule is O=[N+]([O-])c1ccccc1-c1cc[n+]([O-])cc1. The van der Waals surface area contributed by atoms with Crippen LogP contribution in [0.2, 0.25) is 0 Å². The number of nitro benzene ring substituents is 1. The van der Waals surface area contributed by atoms with Crippen molar-refractivity contribution >= 4 is 5.69 Å². The predicted octanol–water partition coefficient (Wildman–Crippen LogP) is 1.90. The van der Waals surface area contributed by atoms with Crippen LogP contribution in [0.1, 0.15) is 0 Å². The molecule has 0 bridgehead atoms. The first kappa shape index (κ1) is 10.1. The lowest BCUT2D eigenvalue weighted by atomic mass is 10.1. The van der Waals surface area contributed by atoms with Gasteiger partial charge in [0.2, 0.25) is 0 Å². The Morgan fingerprint density at radius 2 is 1.69 bits per heavy atom. The second-order valence-corrected chi connectivity index (χ2v) is 3.22. The molecule has 1 aromatic carbocycles. The monoisotopic (exact) mass is 216 g/mol. The van der Waals surface area contributed by atoms with E-state index in [1.807, 2.05) is 0 Å². The third kappa shape index (κ3) is 1.83. The molecule has 1 heterocycles. The van der Waals surface area contributed by atoms with Gasteiger partial charge in [-0.05, 0) is 6.07 Å². The maximum absolute atomic E-state index is 10.9. The van der Waals surface area contributed by atoms with Crippen molar-refractivity contribution < 1.29 is 9.65 Å². The van der Waals surface area contributed by atoms with E-state index in [9.17, 15) is 15.3 Å². The molecule has 1 aromatic heterocycles. The highest BCUT2D eigenvalue weighted by molar-refractivity contribution is 5.72. The fourth-order valence-corrected chi connectivity index (χ4v) is 1.47. The van der Waals surface area contributed by atoms with Gasteiger partial charge in [-0.2, -0.15) is 4.73 Å². The van der Waals surface area contributed by atoms with E-state index in [0.717, 1.165) is 0 Å². The highest BCUT2D eigenvalue weighted by atomic mass is 16.6. The zero-order valence-corrected chi connectivity index (χ0v) is 8.24. The first-order valence-electron chi connectivity index (χ1n) is 4.61. The molecule has 0 saturated carbocycles. The average Bonchev–Trinajstić information content (AvgIpc) is 2.30. The minimum atomic E-state index is -0.437. The van der Waals surface area contributed by atoms with Gasteiger partial charge < -0.3 is 5.21 Å². The van der Waals surface area contributed by atoms with E-state index in [-0.39, 0.29) is 5.69 Å². The average molecular weight is 216 g/mol. The number of nitro groups is 1. The Balaban J connectivity index is 2.55. The van der Waals surface area contributed by atoms with Crippen molar-refractivity contribution in [3.63, 3.8) is 0 Å². The molecule has 5 heteroatoms. The maximum atomic E-state index is 10.9. The summed E-state index contributed by atoms with van der Waals surface area (Å²) in [6.45, 7) is 0. The largest absolute Gasteiger partial charge is 0.619 e. The smallest absolute Gasteiger partial charge is 0.277 e. The van der Waals surface area contributed by atoms with Gasteiger partial charge >= 0.3 is 0 Å². The third-order valence-corrected chi connectivity index (χ3v) is 2.21. The van der Waals surface area contributed by atoms with Gasteiger partial charge in [-0.3, -0.25) is 10.1 Å². The molecule has 0 amide bonds. The molecule has 2 rings (SSSR count). The van der Waals surface area contributed by atoms with Gasteiger partial charge in [0, 0.05) is 23.8 Å². The van der Waals surface area contributed by atoms with Crippen LogP contribution in [0.5, 0.6) is 0 Å². The Morgan fingerprint density at radius 1 is 1.06 bits per heavy atom. The molecule has 0 aliphatic heterocycles. The summed E-state index contributed by atoms with van der Waals surface area (Å²) in [6, 6.07) is 9.53. The number of pyridine rings is 1. The summed E-state index contributed by atoms with van der Waals surface area (Å²) in [6.07, 6.45) is 2.62. The van der Waals surface area contributed by atoms with Crippen LogP contribution < -0.4 is 4.73 Å². The fraction of sp³-hybridized carbons (Fsp3) is 0. The molecule has 2 aromatic rings. The standard InChI is InChI=1S/C11H8N2O3/c14-12-7-5-9(6-8-12)10-3-1-2-4-11(10)13(15)16/h1-8H. The molecule has 0 unspecified atom stereocenters. The Kier molecular flexibility index (Phi) is 2.51. The molecule has 5 nitrogen and oxygen atoms in total. The van der Waals surface area contributed by atoms with Crippen LogP contribution in [0.25, 0.3) is 11.1 Å². The van der Waals surface area contributed by atoms with Crippen molar-refractivity contribution in [3.05, 3.63) is 64.1 Å². The van der Waals surface area contributed by atoms with Crippen molar-refractivity contribution in [2.45, 2.75) is 0 Å². The number of nitrogens with zero attached hydrogens (tertiary/aromatic N) is 2. The summed E-state index contributed by atoms with van der Waals surface area (Å²) in [5.74, 6) is 0. The van der Waals surface area contributed by atoms with Gasteiger partial charge in [-0.1, -0.05) is 12.1 Å². The molecule has 0 aliphatic rings.